The maximum atomic E-state index is 11.4. The van der Waals surface area contributed by atoms with Crippen LogP contribution in [0.2, 0.25) is 0 Å². The van der Waals surface area contributed by atoms with Crippen molar-refractivity contribution < 1.29 is 194 Å². The monoisotopic (exact) mass is 1100 g/mol. The van der Waals surface area contributed by atoms with Gasteiger partial charge in [0.2, 0.25) is 0 Å². The summed E-state index contributed by atoms with van der Waals surface area (Å²) in [6.45, 7) is 0. The molecular formula is C6H15ErF18N3O17S6+5. The largest absolute Gasteiger partial charge is 3.00 e. The van der Waals surface area contributed by atoms with Gasteiger partial charge in [-0.3, -0.25) is 0 Å². The summed E-state index contributed by atoms with van der Waals surface area (Å²) in [6.07, 6.45) is 0. The van der Waals surface area contributed by atoms with E-state index in [4.69, 9.17) is 0 Å². The molecule has 0 unspecified atom stereocenters. The third-order valence-corrected chi connectivity index (χ3v) is 10.6. The first-order chi connectivity index (χ1) is 18.6. The third kappa shape index (κ3) is 21.7. The fourth-order valence-corrected chi connectivity index (χ4v) is 5.77. The second-order valence-electron chi connectivity index (χ2n) is 5.75. The molecule has 0 spiro atoms. The molecule has 0 heterocycles. The Labute approximate surface area is 298 Å². The third-order valence-electron chi connectivity index (χ3n) is 2.34. The molecule has 0 rings (SSSR count). The molecule has 51 heavy (non-hydrogen) atoms. The van der Waals surface area contributed by atoms with Gasteiger partial charge in [-0.25, -0.2) is 50.5 Å². The predicted octanol–water partition coefficient (Wildman–Crippen LogP) is -1.43. The zero-order valence-corrected chi connectivity index (χ0v) is 28.4. The van der Waals surface area contributed by atoms with Crippen LogP contribution in [0.4, 0.5) is 79.0 Å². The van der Waals surface area contributed by atoms with Crippen molar-refractivity contribution in [2.75, 3.05) is 0 Å². The Hall–Kier alpha value is -0.633. The molecule has 15 N–H and O–H groups in total. The molecule has 45 heteroatoms. The molecule has 0 saturated heterocycles. The second kappa shape index (κ2) is 20.9. The van der Waals surface area contributed by atoms with Gasteiger partial charge in [0, 0.05) is 0 Å². The van der Waals surface area contributed by atoms with Crippen molar-refractivity contribution in [1.29, 1.82) is 0 Å². The molecule has 0 amide bonds. The average molecular weight is 1100 g/mol. The van der Waals surface area contributed by atoms with Gasteiger partial charge in [0.1, 0.15) is 0 Å². The first kappa shape index (κ1) is 71.7. The number of sulfonamides is 6. The van der Waals surface area contributed by atoms with Gasteiger partial charge in [-0.15, -0.1) is 0 Å². The second-order valence-corrected chi connectivity index (χ2v) is 16.0. The van der Waals surface area contributed by atoms with E-state index in [1.165, 1.54) is 0 Å². The van der Waals surface area contributed by atoms with E-state index in [1.807, 2.05) is 0 Å². The summed E-state index contributed by atoms with van der Waals surface area (Å²) < 4.78 is 328. The summed E-state index contributed by atoms with van der Waals surface area (Å²) in [5, 5.41) is 0. The minimum atomic E-state index is -6.72. The van der Waals surface area contributed by atoms with Crippen molar-refractivity contribution in [3.8, 4) is 0 Å². The van der Waals surface area contributed by atoms with Crippen molar-refractivity contribution in [2.45, 2.75) is 33.0 Å². The number of hydrogen-bond acceptors (Lipinski definition) is 12. The first-order valence-electron chi connectivity index (χ1n) is 7.72. The van der Waals surface area contributed by atoms with Gasteiger partial charge in [-0.1, -0.05) is 0 Å². The van der Waals surface area contributed by atoms with E-state index in [0.717, 1.165) is 12.4 Å². The molecule has 20 nitrogen and oxygen atoms in total. The molecular weight excluding hydrogens is 1090 g/mol. The Morgan fingerprint density at radius 1 is 0.235 bits per heavy atom. The molecule has 0 bridgehead atoms. The van der Waals surface area contributed by atoms with E-state index in [9.17, 15) is 130 Å². The summed E-state index contributed by atoms with van der Waals surface area (Å²) in [5.41, 5.74) is -37.2. The molecule has 0 atom stereocenters. The number of halogens is 18. The van der Waals surface area contributed by atoms with Crippen molar-refractivity contribution in [1.82, 2.24) is 0 Å². The van der Waals surface area contributed by atoms with E-state index in [-0.39, 0.29) is 64.7 Å². The van der Waals surface area contributed by atoms with Gasteiger partial charge < -0.3 is 39.8 Å². The Kier molecular flexibility index (Phi) is 29.4. The minimum absolute atomic E-state index is 0. The van der Waals surface area contributed by atoms with E-state index in [2.05, 4.69) is 0 Å². The molecule has 0 aliphatic carbocycles. The molecule has 0 aromatic heterocycles. The smallest absolute Gasteiger partial charge is 0.457 e. The SMILES string of the molecule is O=S(=O)([N-]S(=O)(=O)C(F)(F)F)C(F)(F)F.O=S(=O)([N-]S(=O)(=O)C(F)(F)F)C(F)(F)F.O=S(=O)([N-]S(=O)(=O)C(F)(F)F)C(F)(F)F.[Er+3].[OH3+].[OH3+].[OH3+].[OH3+].[OH3+]. The Bertz CT molecular complexity index is 1370. The normalized spacial score (nSPS) is 13.5. The summed E-state index contributed by atoms with van der Waals surface area (Å²) in [6, 6.07) is 0. The summed E-state index contributed by atoms with van der Waals surface area (Å²) in [7, 11) is -40.3. The molecule has 0 aromatic rings. The number of hydrogen-bond donors (Lipinski definition) is 0. The van der Waals surface area contributed by atoms with Crippen LogP contribution in [0.15, 0.2) is 0 Å². The maximum absolute atomic E-state index is 11.4. The van der Waals surface area contributed by atoms with Crippen molar-refractivity contribution >= 4 is 60.1 Å². The van der Waals surface area contributed by atoms with Crippen LogP contribution >= 0.6 is 0 Å². The topological polar surface area (TPSA) is 412 Å². The molecule has 325 valence electrons. The van der Waals surface area contributed by atoms with Crippen LogP contribution < -0.4 is 0 Å². The van der Waals surface area contributed by atoms with Crippen LogP contribution in [0.3, 0.4) is 0 Å². The zero-order valence-electron chi connectivity index (χ0n) is 21.7. The summed E-state index contributed by atoms with van der Waals surface area (Å²) in [4.78, 5) is 0. The first-order valence-corrected chi connectivity index (χ1v) is 16.4. The van der Waals surface area contributed by atoms with Crippen LogP contribution in [0.1, 0.15) is 0 Å². The average Bonchev–Trinajstić information content (AvgIpc) is 2.61. The quantitative estimate of drug-likeness (QED) is 0.218. The van der Waals surface area contributed by atoms with E-state index in [0.29, 0.717) is 0 Å². The summed E-state index contributed by atoms with van der Waals surface area (Å²) in [5.74, 6) is 0. The number of alkyl halides is 18. The fourth-order valence-electron chi connectivity index (χ4n) is 0.641. The van der Waals surface area contributed by atoms with E-state index in [1.54, 1.807) is 0 Å². The van der Waals surface area contributed by atoms with Crippen LogP contribution in [0.25, 0.3) is 12.4 Å². The Morgan fingerprint density at radius 2 is 0.294 bits per heavy atom. The molecule has 0 fully saturated rings. The molecule has 0 aliphatic heterocycles. The fraction of sp³-hybridized carbons (Fsp3) is 1.00. The van der Waals surface area contributed by atoms with Crippen LogP contribution in [-0.2, 0) is 87.5 Å². The Morgan fingerprint density at radius 3 is 0.333 bits per heavy atom. The number of rotatable bonds is 6. The van der Waals surface area contributed by atoms with Crippen LogP contribution in [0.5, 0.6) is 0 Å². The Balaban J connectivity index is -0.0000000700. The van der Waals surface area contributed by atoms with Gasteiger partial charge in [-0.05, 0) is 0 Å². The van der Waals surface area contributed by atoms with Crippen LogP contribution in [0, 0.1) is 37.3 Å². The van der Waals surface area contributed by atoms with Crippen LogP contribution in [-0.4, -0.2) is 83.6 Å². The number of nitrogens with zero attached hydrogens (tertiary/aromatic N) is 3. The molecule has 0 aromatic carbocycles. The van der Waals surface area contributed by atoms with Gasteiger partial charge >= 0.3 is 70.4 Å². The zero-order chi connectivity index (χ0) is 38.1. The molecule has 0 saturated carbocycles. The predicted molar refractivity (Wildman–Crippen MR) is 124 cm³/mol. The molecule has 0 aliphatic rings. The van der Waals surface area contributed by atoms with E-state index < -0.39 is 93.2 Å². The van der Waals surface area contributed by atoms with Crippen molar-refractivity contribution in [2.24, 2.45) is 0 Å². The van der Waals surface area contributed by atoms with E-state index >= 15 is 0 Å². The summed E-state index contributed by atoms with van der Waals surface area (Å²) >= 11 is 0. The standard InChI is InChI=1S/3C2F6NO4S2.Er.5H2O/c3*3-1(4,5)14(10,11)9-15(12,13)2(6,7)8;;;;;;/h;;;;5*1H2/q3*-1;+3;;;;;/p+5. The maximum Gasteiger partial charge on any atom is 3.00 e. The molecule has 1 radical (unpaired) electrons. The van der Waals surface area contributed by atoms with Gasteiger partial charge in [0.15, 0.2) is 60.1 Å². The van der Waals surface area contributed by atoms with Gasteiger partial charge in [-0.2, -0.15) is 79.0 Å². The minimum Gasteiger partial charge on any atom is -0.457 e. The van der Waals surface area contributed by atoms with Crippen molar-refractivity contribution in [3.05, 3.63) is 12.4 Å². The van der Waals surface area contributed by atoms with Gasteiger partial charge in [0.25, 0.3) is 0 Å². The van der Waals surface area contributed by atoms with Crippen molar-refractivity contribution in [3.63, 3.8) is 0 Å². The van der Waals surface area contributed by atoms with Gasteiger partial charge in [0.05, 0.1) is 0 Å².